The zero-order valence-electron chi connectivity index (χ0n) is 14.9. The highest BCUT2D eigenvalue weighted by molar-refractivity contribution is 5.80. The molecule has 0 aliphatic heterocycles. The highest BCUT2D eigenvalue weighted by atomic mass is 16.5. The van der Waals surface area contributed by atoms with Gasteiger partial charge in [-0.1, -0.05) is 68.8 Å². The van der Waals surface area contributed by atoms with E-state index in [2.05, 4.69) is 17.4 Å². The van der Waals surface area contributed by atoms with Crippen LogP contribution in [0.15, 0.2) is 48.5 Å². The summed E-state index contributed by atoms with van der Waals surface area (Å²) in [5, 5.41) is 13.7. The highest BCUT2D eigenvalue weighted by Crippen LogP contribution is 2.44. The van der Waals surface area contributed by atoms with E-state index < -0.39 is 18.1 Å². The molecule has 1 N–H and O–H groups in total. The molecule has 0 aromatic heterocycles. The quantitative estimate of drug-likeness (QED) is 0.867. The van der Waals surface area contributed by atoms with E-state index >= 15 is 0 Å². The Kier molecular flexibility index (Phi) is 5.26. The molecular formula is C21H22NO4-. The number of benzene rings is 2. The zero-order valence-corrected chi connectivity index (χ0v) is 14.9. The second-order valence-electron chi connectivity index (χ2n) is 6.65. The van der Waals surface area contributed by atoms with E-state index in [-0.39, 0.29) is 18.4 Å². The number of carboxylic acid groups (broad SMARTS) is 1. The number of carbonyl (C=O) groups is 2. The van der Waals surface area contributed by atoms with Crippen LogP contribution in [-0.4, -0.2) is 24.7 Å². The van der Waals surface area contributed by atoms with Crippen molar-refractivity contribution in [2.45, 2.75) is 32.2 Å². The third-order valence-electron chi connectivity index (χ3n) is 5.08. The van der Waals surface area contributed by atoms with Gasteiger partial charge in [-0.25, -0.2) is 4.79 Å². The molecule has 1 aliphatic carbocycles. The summed E-state index contributed by atoms with van der Waals surface area (Å²) in [7, 11) is 0. The Morgan fingerprint density at radius 1 is 1.08 bits per heavy atom. The van der Waals surface area contributed by atoms with Gasteiger partial charge in [0, 0.05) is 5.92 Å². The molecule has 2 aromatic carbocycles. The Morgan fingerprint density at radius 2 is 1.62 bits per heavy atom. The molecule has 0 radical (unpaired) electrons. The van der Waals surface area contributed by atoms with Crippen LogP contribution in [0.4, 0.5) is 4.79 Å². The van der Waals surface area contributed by atoms with Crippen molar-refractivity contribution in [2.24, 2.45) is 5.92 Å². The molecule has 0 fully saturated rings. The van der Waals surface area contributed by atoms with Gasteiger partial charge in [0.1, 0.15) is 6.61 Å². The summed E-state index contributed by atoms with van der Waals surface area (Å²) in [5.74, 6) is -1.59. The number of hydrogen-bond acceptors (Lipinski definition) is 4. The smallest absolute Gasteiger partial charge is 0.407 e. The van der Waals surface area contributed by atoms with E-state index in [0.717, 1.165) is 22.3 Å². The van der Waals surface area contributed by atoms with Crippen molar-refractivity contribution >= 4 is 12.1 Å². The third-order valence-corrected chi connectivity index (χ3v) is 5.08. The number of carbonyl (C=O) groups excluding carboxylic acids is 2. The fraction of sp³-hybridized carbons (Fsp3) is 0.333. The monoisotopic (exact) mass is 352 g/mol. The summed E-state index contributed by atoms with van der Waals surface area (Å²) in [6, 6.07) is 15.0. The van der Waals surface area contributed by atoms with Crippen LogP contribution in [0.3, 0.4) is 0 Å². The van der Waals surface area contributed by atoms with Crippen LogP contribution in [0.5, 0.6) is 0 Å². The molecule has 1 amide bonds. The second-order valence-corrected chi connectivity index (χ2v) is 6.65. The Balaban J connectivity index is 1.72. The van der Waals surface area contributed by atoms with E-state index in [9.17, 15) is 14.7 Å². The van der Waals surface area contributed by atoms with Crippen LogP contribution in [0.2, 0.25) is 0 Å². The highest BCUT2D eigenvalue weighted by Gasteiger charge is 2.29. The maximum Gasteiger partial charge on any atom is 0.407 e. The lowest BCUT2D eigenvalue weighted by atomic mass is 9.98. The minimum absolute atomic E-state index is 0.0573. The largest absolute Gasteiger partial charge is 0.548 e. The summed E-state index contributed by atoms with van der Waals surface area (Å²) in [4.78, 5) is 23.4. The number of ether oxygens (including phenoxy) is 1. The van der Waals surface area contributed by atoms with Crippen LogP contribution in [-0.2, 0) is 9.53 Å². The minimum atomic E-state index is -1.30. The van der Waals surface area contributed by atoms with Gasteiger partial charge in [0.2, 0.25) is 0 Å². The summed E-state index contributed by atoms with van der Waals surface area (Å²) in [6.45, 7) is 3.77. The van der Waals surface area contributed by atoms with Crippen LogP contribution < -0.4 is 10.4 Å². The van der Waals surface area contributed by atoms with Gasteiger partial charge in [-0.15, -0.1) is 0 Å². The van der Waals surface area contributed by atoms with E-state index in [1.165, 1.54) is 0 Å². The van der Waals surface area contributed by atoms with Crippen molar-refractivity contribution in [1.82, 2.24) is 5.32 Å². The Morgan fingerprint density at radius 3 is 2.12 bits per heavy atom. The number of aliphatic carboxylic acids is 1. The van der Waals surface area contributed by atoms with E-state index in [0.29, 0.717) is 6.42 Å². The summed E-state index contributed by atoms with van der Waals surface area (Å²) in [6.07, 6.45) is -0.121. The van der Waals surface area contributed by atoms with Crippen molar-refractivity contribution in [3.8, 4) is 11.1 Å². The van der Waals surface area contributed by atoms with Crippen LogP contribution >= 0.6 is 0 Å². The molecule has 26 heavy (non-hydrogen) atoms. The van der Waals surface area contributed by atoms with E-state index in [1.807, 2.05) is 43.3 Å². The molecule has 0 saturated heterocycles. The van der Waals surface area contributed by atoms with Crippen molar-refractivity contribution in [3.63, 3.8) is 0 Å². The SMILES string of the molecule is CC[C@@H](C)[C@H](NC(=O)OCC1c2ccccc2-c2ccccc21)C(=O)[O-]. The van der Waals surface area contributed by atoms with Crippen LogP contribution in [0, 0.1) is 5.92 Å². The molecule has 2 aromatic rings. The van der Waals surface area contributed by atoms with Gasteiger partial charge in [0.25, 0.3) is 0 Å². The first kappa shape index (κ1) is 18.0. The molecule has 0 unspecified atom stereocenters. The molecule has 0 saturated carbocycles. The second kappa shape index (κ2) is 7.60. The number of rotatable bonds is 6. The van der Waals surface area contributed by atoms with Crippen molar-refractivity contribution < 1.29 is 19.4 Å². The standard InChI is InChI=1S/C21H23NO4/c1-3-13(2)19(20(23)24)22-21(25)26-12-18-16-10-6-4-8-14(16)15-9-5-7-11-17(15)18/h4-11,13,18-19H,3,12H2,1-2H3,(H,22,25)(H,23,24)/p-1/t13-,19+/m1/s1. The zero-order chi connectivity index (χ0) is 18.7. The van der Waals surface area contributed by atoms with Crippen molar-refractivity contribution in [1.29, 1.82) is 0 Å². The van der Waals surface area contributed by atoms with Crippen molar-refractivity contribution in [3.05, 3.63) is 59.7 Å². The lowest BCUT2D eigenvalue weighted by Gasteiger charge is -2.25. The molecule has 5 heteroatoms. The average Bonchev–Trinajstić information content (AvgIpc) is 2.97. The molecule has 0 bridgehead atoms. The molecule has 0 spiro atoms. The predicted molar refractivity (Wildman–Crippen MR) is 96.5 cm³/mol. The number of alkyl carbamates (subject to hydrolysis) is 1. The van der Waals surface area contributed by atoms with Gasteiger partial charge >= 0.3 is 6.09 Å². The van der Waals surface area contributed by atoms with Gasteiger partial charge < -0.3 is 20.0 Å². The Labute approximate surface area is 153 Å². The first-order chi connectivity index (χ1) is 12.5. The predicted octanol–water partition coefficient (Wildman–Crippen LogP) is 2.69. The van der Waals surface area contributed by atoms with Crippen molar-refractivity contribution in [2.75, 3.05) is 6.61 Å². The normalized spacial score (nSPS) is 14.8. The molecule has 3 rings (SSSR count). The molecule has 5 nitrogen and oxygen atoms in total. The number of hydrogen-bond donors (Lipinski definition) is 1. The number of carboxylic acids is 1. The third kappa shape index (κ3) is 3.43. The molecule has 2 atom stereocenters. The Bertz CT molecular complexity index is 772. The fourth-order valence-electron chi connectivity index (χ4n) is 3.44. The van der Waals surface area contributed by atoms with Crippen LogP contribution in [0.25, 0.3) is 11.1 Å². The first-order valence-electron chi connectivity index (χ1n) is 8.85. The topological polar surface area (TPSA) is 78.5 Å². The first-order valence-corrected chi connectivity index (χ1v) is 8.85. The maximum atomic E-state index is 12.1. The van der Waals surface area contributed by atoms with E-state index in [1.54, 1.807) is 6.92 Å². The number of fused-ring (bicyclic) bond motifs is 3. The van der Waals surface area contributed by atoms with Gasteiger partial charge in [-0.2, -0.15) is 0 Å². The summed E-state index contributed by atoms with van der Waals surface area (Å²) >= 11 is 0. The summed E-state index contributed by atoms with van der Waals surface area (Å²) < 4.78 is 5.37. The fourth-order valence-corrected chi connectivity index (χ4v) is 3.44. The number of amides is 1. The van der Waals surface area contributed by atoms with Gasteiger partial charge in [0.05, 0.1) is 12.0 Å². The molecule has 136 valence electrons. The molecular weight excluding hydrogens is 330 g/mol. The molecule has 1 aliphatic rings. The lowest BCUT2D eigenvalue weighted by molar-refractivity contribution is -0.309. The molecule has 0 heterocycles. The van der Waals surface area contributed by atoms with E-state index in [4.69, 9.17) is 4.74 Å². The Hall–Kier alpha value is -2.82. The average molecular weight is 352 g/mol. The number of nitrogens with one attached hydrogen (secondary N) is 1. The maximum absolute atomic E-state index is 12.1. The van der Waals surface area contributed by atoms with Gasteiger partial charge in [-0.05, 0) is 28.2 Å². The minimum Gasteiger partial charge on any atom is -0.548 e. The summed E-state index contributed by atoms with van der Waals surface area (Å²) in [5.41, 5.74) is 4.51. The van der Waals surface area contributed by atoms with Crippen LogP contribution in [0.1, 0.15) is 37.3 Å². The van der Waals surface area contributed by atoms with Gasteiger partial charge in [-0.3, -0.25) is 0 Å². The lowest BCUT2D eigenvalue weighted by Crippen LogP contribution is -2.51. The van der Waals surface area contributed by atoms with Gasteiger partial charge in [0.15, 0.2) is 0 Å².